The van der Waals surface area contributed by atoms with Gasteiger partial charge >= 0.3 is 0 Å². The van der Waals surface area contributed by atoms with E-state index in [1.807, 2.05) is 0 Å². The zero-order valence-corrected chi connectivity index (χ0v) is 7.86. The van der Waals surface area contributed by atoms with E-state index in [-0.39, 0.29) is 11.5 Å². The smallest absolute Gasteiger partial charge is 0.0927 e. The lowest BCUT2D eigenvalue weighted by molar-refractivity contribution is -0.0775. The molecule has 3 atom stereocenters. The topological polar surface area (TPSA) is 61.7 Å². The van der Waals surface area contributed by atoms with Crippen molar-refractivity contribution in [3.63, 3.8) is 0 Å². The Morgan fingerprint density at radius 1 is 1.46 bits per heavy atom. The van der Waals surface area contributed by atoms with Crippen LogP contribution in [0.25, 0.3) is 0 Å². The molecule has 0 aromatic carbocycles. The van der Waals surface area contributed by atoms with Gasteiger partial charge in [-0.3, -0.25) is 0 Å². The highest BCUT2D eigenvalue weighted by Crippen LogP contribution is 2.46. The molecular weight excluding hydrogens is 170 g/mol. The molecule has 4 heteroatoms. The molecule has 1 saturated heterocycles. The predicted molar refractivity (Wildman–Crippen MR) is 47.3 cm³/mol. The quantitative estimate of drug-likeness (QED) is 0.524. The van der Waals surface area contributed by atoms with Gasteiger partial charge in [0.2, 0.25) is 0 Å². The van der Waals surface area contributed by atoms with Crippen LogP contribution in [0.2, 0.25) is 0 Å². The molecule has 76 valence electrons. The molecule has 3 N–H and O–H groups in total. The van der Waals surface area contributed by atoms with E-state index >= 15 is 0 Å². The summed E-state index contributed by atoms with van der Waals surface area (Å²) in [5.74, 6) is 0.0428. The van der Waals surface area contributed by atoms with Crippen LogP contribution in [-0.4, -0.2) is 48.2 Å². The summed E-state index contributed by atoms with van der Waals surface area (Å²) in [4.78, 5) is 0. The third-order valence-corrected chi connectivity index (χ3v) is 3.31. The summed E-state index contributed by atoms with van der Waals surface area (Å²) in [5, 5.41) is 22.5. The number of hydrogen-bond donors (Lipinski definition) is 3. The van der Waals surface area contributed by atoms with Gasteiger partial charge in [-0.1, -0.05) is 0 Å². The molecule has 2 aliphatic rings. The third kappa shape index (κ3) is 1.48. The van der Waals surface area contributed by atoms with E-state index in [9.17, 15) is 10.2 Å². The van der Waals surface area contributed by atoms with Crippen LogP contribution in [-0.2, 0) is 4.74 Å². The Morgan fingerprint density at radius 3 is 2.69 bits per heavy atom. The van der Waals surface area contributed by atoms with Crippen LogP contribution in [0, 0.1) is 5.92 Å². The van der Waals surface area contributed by atoms with Crippen molar-refractivity contribution in [3.05, 3.63) is 0 Å². The lowest BCUT2D eigenvalue weighted by Gasteiger charge is -2.39. The molecular formula is C9H17NO3. The minimum Gasteiger partial charge on any atom is -0.390 e. The molecule has 0 aromatic heterocycles. The molecule has 1 heterocycles. The standard InChI is InChI=1S/C9H17NO3/c1-13-5-6-8(12)7(11)4-10-9(6)2-3-9/h6-8,10-12H,2-5H2,1H3/t6-,7-,8-/m1/s1. The average Bonchev–Trinajstić information content (AvgIpc) is 2.88. The first-order chi connectivity index (χ1) is 6.19. The Hall–Kier alpha value is -0.160. The Kier molecular flexibility index (Phi) is 2.32. The van der Waals surface area contributed by atoms with Gasteiger partial charge < -0.3 is 20.3 Å². The maximum atomic E-state index is 9.77. The van der Waals surface area contributed by atoms with Gasteiger partial charge in [-0.05, 0) is 12.8 Å². The van der Waals surface area contributed by atoms with Gasteiger partial charge in [-0.2, -0.15) is 0 Å². The van der Waals surface area contributed by atoms with E-state index in [1.54, 1.807) is 7.11 Å². The van der Waals surface area contributed by atoms with Crippen molar-refractivity contribution < 1.29 is 14.9 Å². The van der Waals surface area contributed by atoms with Gasteiger partial charge in [0.15, 0.2) is 0 Å². The number of β-amino-alcohol motifs (C(OH)–C–C–N with tert-alkyl or cyclic N) is 1. The lowest BCUT2D eigenvalue weighted by atomic mass is 9.85. The van der Waals surface area contributed by atoms with Crippen LogP contribution < -0.4 is 5.32 Å². The SMILES string of the molecule is COC[C@@H]1[C@@H](O)[C@H](O)CNC12CC2. The second-order valence-electron chi connectivity index (χ2n) is 4.16. The molecule has 0 bridgehead atoms. The zero-order chi connectivity index (χ0) is 9.47. The highest BCUT2D eigenvalue weighted by Gasteiger charge is 2.55. The molecule has 0 amide bonds. The Balaban J connectivity index is 2.06. The molecule has 4 nitrogen and oxygen atoms in total. The number of ether oxygens (including phenoxy) is 1. The summed E-state index contributed by atoms with van der Waals surface area (Å²) >= 11 is 0. The Labute approximate surface area is 77.9 Å². The molecule has 1 spiro atoms. The number of aliphatic hydroxyl groups is 2. The molecule has 0 radical (unpaired) electrons. The van der Waals surface area contributed by atoms with Crippen molar-refractivity contribution in [2.45, 2.75) is 30.6 Å². The average molecular weight is 187 g/mol. The Bertz CT molecular complexity index is 193. The first-order valence-electron chi connectivity index (χ1n) is 4.80. The fraction of sp³-hybridized carbons (Fsp3) is 1.00. The molecule has 1 aliphatic heterocycles. The number of nitrogens with one attached hydrogen (secondary N) is 1. The molecule has 0 unspecified atom stereocenters. The van der Waals surface area contributed by atoms with Gasteiger partial charge in [-0.25, -0.2) is 0 Å². The summed E-state index contributed by atoms with van der Waals surface area (Å²) in [6.07, 6.45) is 0.894. The molecule has 1 saturated carbocycles. The minimum absolute atomic E-state index is 0.0428. The monoisotopic (exact) mass is 187 g/mol. The maximum absolute atomic E-state index is 9.77. The summed E-state index contributed by atoms with van der Waals surface area (Å²) in [6.45, 7) is 1.02. The normalized spacial score (nSPS) is 42.2. The van der Waals surface area contributed by atoms with Crippen LogP contribution in [0.4, 0.5) is 0 Å². The van der Waals surface area contributed by atoms with E-state index in [1.165, 1.54) is 0 Å². The van der Waals surface area contributed by atoms with Crippen molar-refractivity contribution in [3.8, 4) is 0 Å². The second-order valence-corrected chi connectivity index (χ2v) is 4.16. The summed E-state index contributed by atoms with van der Waals surface area (Å²) in [6, 6.07) is 0. The second kappa shape index (κ2) is 3.20. The number of hydrogen-bond acceptors (Lipinski definition) is 4. The number of rotatable bonds is 2. The largest absolute Gasteiger partial charge is 0.390 e. The molecule has 2 fully saturated rings. The van der Waals surface area contributed by atoms with E-state index in [0.717, 1.165) is 12.8 Å². The van der Waals surface area contributed by atoms with Crippen molar-refractivity contribution >= 4 is 0 Å². The van der Waals surface area contributed by atoms with Gasteiger partial charge in [0, 0.05) is 25.1 Å². The van der Waals surface area contributed by atoms with Crippen molar-refractivity contribution in [2.24, 2.45) is 5.92 Å². The van der Waals surface area contributed by atoms with Crippen LogP contribution in [0.5, 0.6) is 0 Å². The van der Waals surface area contributed by atoms with Crippen molar-refractivity contribution in [1.29, 1.82) is 0 Å². The van der Waals surface area contributed by atoms with E-state index in [4.69, 9.17) is 4.74 Å². The van der Waals surface area contributed by atoms with E-state index in [0.29, 0.717) is 13.2 Å². The third-order valence-electron chi connectivity index (χ3n) is 3.31. The van der Waals surface area contributed by atoms with Crippen molar-refractivity contribution in [1.82, 2.24) is 5.32 Å². The highest BCUT2D eigenvalue weighted by atomic mass is 16.5. The molecule has 0 aromatic rings. The van der Waals surface area contributed by atoms with Gasteiger partial charge in [0.1, 0.15) is 0 Å². The zero-order valence-electron chi connectivity index (χ0n) is 7.86. The summed E-state index contributed by atoms with van der Waals surface area (Å²) in [5.41, 5.74) is 0.0641. The van der Waals surface area contributed by atoms with E-state index < -0.39 is 12.2 Å². The first kappa shape index (κ1) is 9.40. The lowest BCUT2D eigenvalue weighted by Crippen LogP contribution is -2.59. The number of methoxy groups -OCH3 is 1. The minimum atomic E-state index is -0.647. The summed E-state index contributed by atoms with van der Waals surface area (Å²) in [7, 11) is 1.63. The van der Waals surface area contributed by atoms with Gasteiger partial charge in [0.05, 0.1) is 18.8 Å². The van der Waals surface area contributed by atoms with Crippen LogP contribution in [0.3, 0.4) is 0 Å². The maximum Gasteiger partial charge on any atom is 0.0927 e. The van der Waals surface area contributed by atoms with Gasteiger partial charge in [-0.15, -0.1) is 0 Å². The predicted octanol–water partition coefficient (Wildman–Crippen LogP) is -0.893. The fourth-order valence-corrected chi connectivity index (χ4v) is 2.27. The first-order valence-corrected chi connectivity index (χ1v) is 4.80. The fourth-order valence-electron chi connectivity index (χ4n) is 2.27. The van der Waals surface area contributed by atoms with Crippen LogP contribution in [0.15, 0.2) is 0 Å². The van der Waals surface area contributed by atoms with Crippen LogP contribution >= 0.6 is 0 Å². The number of piperidine rings is 1. The van der Waals surface area contributed by atoms with Gasteiger partial charge in [0.25, 0.3) is 0 Å². The van der Waals surface area contributed by atoms with E-state index in [2.05, 4.69) is 5.32 Å². The molecule has 1 aliphatic carbocycles. The highest BCUT2D eigenvalue weighted by molar-refractivity contribution is 5.12. The molecule has 2 rings (SSSR count). The summed E-state index contributed by atoms with van der Waals surface area (Å²) < 4.78 is 5.06. The molecule has 13 heavy (non-hydrogen) atoms. The van der Waals surface area contributed by atoms with Crippen LogP contribution in [0.1, 0.15) is 12.8 Å². The number of aliphatic hydroxyl groups excluding tert-OH is 2. The van der Waals surface area contributed by atoms with Crippen molar-refractivity contribution in [2.75, 3.05) is 20.3 Å². The Morgan fingerprint density at radius 2 is 2.15 bits per heavy atom.